The Hall–Kier alpha value is -0.120. The van der Waals surface area contributed by atoms with Crippen LogP contribution in [-0.4, -0.2) is 31.3 Å². The van der Waals surface area contributed by atoms with Gasteiger partial charge in [0.2, 0.25) is 0 Å². The Morgan fingerprint density at radius 2 is 2.42 bits per heavy atom. The zero-order valence-corrected chi connectivity index (χ0v) is 8.10. The second-order valence-corrected chi connectivity index (χ2v) is 4.07. The van der Waals surface area contributed by atoms with Crippen molar-refractivity contribution < 1.29 is 4.74 Å². The Balaban J connectivity index is 2.26. The van der Waals surface area contributed by atoms with E-state index in [1.165, 1.54) is 6.42 Å². The molecule has 12 heavy (non-hydrogen) atoms. The molecule has 0 aromatic carbocycles. The fourth-order valence-electron chi connectivity index (χ4n) is 1.48. The summed E-state index contributed by atoms with van der Waals surface area (Å²) in [6.45, 7) is 6.82. The van der Waals surface area contributed by atoms with Crippen LogP contribution in [0.2, 0.25) is 0 Å². The molecule has 3 N–H and O–H groups in total. The molecular formula is C9H20N2O. The van der Waals surface area contributed by atoms with Gasteiger partial charge in [0, 0.05) is 24.7 Å². The van der Waals surface area contributed by atoms with Crippen LogP contribution in [0, 0.1) is 0 Å². The number of ether oxygens (including phenoxy) is 1. The Kier molecular flexibility index (Phi) is 3.50. The SMILES string of the molecule is CC(N)CNC1(C)CCCOC1. The highest BCUT2D eigenvalue weighted by molar-refractivity contribution is 4.86. The summed E-state index contributed by atoms with van der Waals surface area (Å²) in [5.41, 5.74) is 5.82. The molecule has 2 atom stereocenters. The summed E-state index contributed by atoms with van der Waals surface area (Å²) < 4.78 is 5.41. The first-order valence-corrected chi connectivity index (χ1v) is 4.71. The normalized spacial score (nSPS) is 33.2. The second-order valence-electron chi connectivity index (χ2n) is 4.07. The fourth-order valence-corrected chi connectivity index (χ4v) is 1.48. The number of hydrogen-bond acceptors (Lipinski definition) is 3. The summed E-state index contributed by atoms with van der Waals surface area (Å²) >= 11 is 0. The molecule has 1 aliphatic rings. The highest BCUT2D eigenvalue weighted by Gasteiger charge is 2.26. The Labute approximate surface area is 74.7 Å². The lowest BCUT2D eigenvalue weighted by atomic mass is 9.95. The summed E-state index contributed by atoms with van der Waals surface area (Å²) in [5.74, 6) is 0. The van der Waals surface area contributed by atoms with Gasteiger partial charge in [-0.2, -0.15) is 0 Å². The van der Waals surface area contributed by atoms with Crippen LogP contribution in [0.3, 0.4) is 0 Å². The lowest BCUT2D eigenvalue weighted by molar-refractivity contribution is 0.0283. The number of nitrogens with two attached hydrogens (primary N) is 1. The topological polar surface area (TPSA) is 47.3 Å². The molecule has 72 valence electrons. The van der Waals surface area contributed by atoms with E-state index in [2.05, 4.69) is 12.2 Å². The minimum absolute atomic E-state index is 0.159. The van der Waals surface area contributed by atoms with Crippen molar-refractivity contribution in [3.63, 3.8) is 0 Å². The molecule has 0 radical (unpaired) electrons. The molecule has 0 amide bonds. The molecule has 3 nitrogen and oxygen atoms in total. The number of hydrogen-bond donors (Lipinski definition) is 2. The maximum atomic E-state index is 5.67. The lowest BCUT2D eigenvalue weighted by Crippen LogP contribution is -2.52. The Morgan fingerprint density at radius 3 is 2.92 bits per heavy atom. The van der Waals surface area contributed by atoms with Crippen molar-refractivity contribution in [2.24, 2.45) is 5.73 Å². The molecule has 0 aromatic heterocycles. The molecule has 1 aliphatic heterocycles. The highest BCUT2D eigenvalue weighted by Crippen LogP contribution is 2.17. The van der Waals surface area contributed by atoms with Crippen molar-refractivity contribution in [1.29, 1.82) is 0 Å². The third-order valence-electron chi connectivity index (χ3n) is 2.29. The minimum Gasteiger partial charge on any atom is -0.380 e. The molecule has 0 saturated carbocycles. The van der Waals surface area contributed by atoms with E-state index >= 15 is 0 Å². The fraction of sp³-hybridized carbons (Fsp3) is 1.00. The number of rotatable bonds is 3. The van der Waals surface area contributed by atoms with Crippen LogP contribution in [0.25, 0.3) is 0 Å². The molecule has 0 aliphatic carbocycles. The predicted octanol–water partition coefficient (Wildman–Crippen LogP) is 0.492. The van der Waals surface area contributed by atoms with Gasteiger partial charge in [-0.3, -0.25) is 0 Å². The van der Waals surface area contributed by atoms with E-state index in [4.69, 9.17) is 10.5 Å². The molecule has 2 unspecified atom stereocenters. The summed E-state index contributed by atoms with van der Waals surface area (Å²) in [6.07, 6.45) is 2.35. The van der Waals surface area contributed by atoms with Crippen LogP contribution in [-0.2, 0) is 4.74 Å². The summed E-state index contributed by atoms with van der Waals surface area (Å²) in [4.78, 5) is 0. The molecular weight excluding hydrogens is 152 g/mol. The van der Waals surface area contributed by atoms with Crippen LogP contribution in [0.15, 0.2) is 0 Å². The summed E-state index contributed by atoms with van der Waals surface area (Å²) in [7, 11) is 0. The zero-order chi connectivity index (χ0) is 9.03. The van der Waals surface area contributed by atoms with Crippen LogP contribution in [0.4, 0.5) is 0 Å². The molecule has 0 spiro atoms. The van der Waals surface area contributed by atoms with E-state index < -0.39 is 0 Å². The van der Waals surface area contributed by atoms with E-state index in [0.29, 0.717) is 0 Å². The zero-order valence-electron chi connectivity index (χ0n) is 8.10. The van der Waals surface area contributed by atoms with Crippen LogP contribution >= 0.6 is 0 Å². The third-order valence-corrected chi connectivity index (χ3v) is 2.29. The molecule has 3 heteroatoms. The highest BCUT2D eigenvalue weighted by atomic mass is 16.5. The minimum atomic E-state index is 0.159. The van der Waals surface area contributed by atoms with Crippen molar-refractivity contribution in [1.82, 2.24) is 5.32 Å². The molecule has 1 rings (SSSR count). The first-order chi connectivity index (χ1) is 5.62. The van der Waals surface area contributed by atoms with Gasteiger partial charge in [0.05, 0.1) is 6.61 Å². The average molecular weight is 172 g/mol. The molecule has 0 aromatic rings. The molecule has 1 fully saturated rings. The van der Waals surface area contributed by atoms with Gasteiger partial charge in [-0.15, -0.1) is 0 Å². The van der Waals surface area contributed by atoms with Gasteiger partial charge >= 0.3 is 0 Å². The monoisotopic (exact) mass is 172 g/mol. The van der Waals surface area contributed by atoms with E-state index in [1.807, 2.05) is 6.92 Å². The largest absolute Gasteiger partial charge is 0.380 e. The Morgan fingerprint density at radius 1 is 1.67 bits per heavy atom. The van der Waals surface area contributed by atoms with Crippen molar-refractivity contribution in [2.45, 2.75) is 38.3 Å². The number of nitrogens with one attached hydrogen (secondary N) is 1. The maximum absolute atomic E-state index is 5.67. The summed E-state index contributed by atoms with van der Waals surface area (Å²) in [5, 5.41) is 3.45. The quantitative estimate of drug-likeness (QED) is 0.651. The van der Waals surface area contributed by atoms with Gasteiger partial charge in [0.15, 0.2) is 0 Å². The Bertz CT molecular complexity index is 130. The predicted molar refractivity (Wildman–Crippen MR) is 50.1 cm³/mol. The maximum Gasteiger partial charge on any atom is 0.0645 e. The van der Waals surface area contributed by atoms with E-state index in [0.717, 1.165) is 26.2 Å². The first kappa shape index (κ1) is 9.96. The van der Waals surface area contributed by atoms with Crippen molar-refractivity contribution >= 4 is 0 Å². The van der Waals surface area contributed by atoms with Crippen LogP contribution in [0.1, 0.15) is 26.7 Å². The molecule has 1 heterocycles. The third kappa shape index (κ3) is 3.09. The van der Waals surface area contributed by atoms with Crippen LogP contribution < -0.4 is 11.1 Å². The van der Waals surface area contributed by atoms with Crippen molar-refractivity contribution in [3.05, 3.63) is 0 Å². The van der Waals surface area contributed by atoms with E-state index in [-0.39, 0.29) is 11.6 Å². The first-order valence-electron chi connectivity index (χ1n) is 4.71. The van der Waals surface area contributed by atoms with E-state index in [9.17, 15) is 0 Å². The summed E-state index contributed by atoms with van der Waals surface area (Å²) in [6, 6.07) is 0.226. The van der Waals surface area contributed by atoms with Crippen molar-refractivity contribution in [2.75, 3.05) is 19.8 Å². The van der Waals surface area contributed by atoms with Gasteiger partial charge in [0.1, 0.15) is 0 Å². The molecule has 1 saturated heterocycles. The van der Waals surface area contributed by atoms with Gasteiger partial charge in [-0.25, -0.2) is 0 Å². The van der Waals surface area contributed by atoms with Crippen LogP contribution in [0.5, 0.6) is 0 Å². The van der Waals surface area contributed by atoms with Gasteiger partial charge in [0.25, 0.3) is 0 Å². The van der Waals surface area contributed by atoms with Gasteiger partial charge in [-0.1, -0.05) is 0 Å². The van der Waals surface area contributed by atoms with E-state index in [1.54, 1.807) is 0 Å². The standard InChI is InChI=1S/C9H20N2O/c1-8(10)6-11-9(2)4-3-5-12-7-9/h8,11H,3-7,10H2,1-2H3. The van der Waals surface area contributed by atoms with Crippen molar-refractivity contribution in [3.8, 4) is 0 Å². The second kappa shape index (κ2) is 4.21. The van der Waals surface area contributed by atoms with Gasteiger partial charge < -0.3 is 15.8 Å². The lowest BCUT2D eigenvalue weighted by Gasteiger charge is -2.35. The van der Waals surface area contributed by atoms with Gasteiger partial charge in [-0.05, 0) is 26.7 Å². The smallest absolute Gasteiger partial charge is 0.0645 e. The average Bonchev–Trinajstić information content (AvgIpc) is 2.03. The molecule has 0 bridgehead atoms.